The van der Waals surface area contributed by atoms with Crippen molar-refractivity contribution in [2.45, 2.75) is 19.8 Å². The molecule has 10 heteroatoms. The maximum Gasteiger partial charge on any atom is 0.331 e. The summed E-state index contributed by atoms with van der Waals surface area (Å²) in [5, 5.41) is 11.0. The molecule has 0 amide bonds. The second-order valence-corrected chi connectivity index (χ2v) is 6.39. The van der Waals surface area contributed by atoms with E-state index in [2.05, 4.69) is 9.97 Å². The van der Waals surface area contributed by atoms with Crippen molar-refractivity contribution in [3.05, 3.63) is 61.9 Å². The van der Waals surface area contributed by atoms with Crippen LogP contribution in [0.15, 0.2) is 12.1 Å². The van der Waals surface area contributed by atoms with Gasteiger partial charge in [-0.05, 0) is 38.0 Å². The average molecular weight is 399 g/mol. The summed E-state index contributed by atoms with van der Waals surface area (Å²) < 4.78 is 40.8. The van der Waals surface area contributed by atoms with Gasteiger partial charge in [-0.3, -0.25) is 10.1 Å². The molecule has 1 aromatic carbocycles. The van der Waals surface area contributed by atoms with E-state index in [0.717, 1.165) is 25.0 Å². The van der Waals surface area contributed by atoms with Crippen LogP contribution in [0, 0.1) is 34.5 Å². The topological polar surface area (TPSA) is 72.2 Å². The number of halogens is 4. The van der Waals surface area contributed by atoms with E-state index in [1.54, 1.807) is 4.90 Å². The van der Waals surface area contributed by atoms with Gasteiger partial charge in [0, 0.05) is 24.4 Å². The number of benzene rings is 1. The minimum Gasteiger partial charge on any atom is -0.371 e. The lowest BCUT2D eigenvalue weighted by Gasteiger charge is -2.22. The Labute approximate surface area is 157 Å². The maximum atomic E-state index is 13.7. The summed E-state index contributed by atoms with van der Waals surface area (Å²) in [4.78, 5) is 20.3. The monoisotopic (exact) mass is 398 g/mol. The Morgan fingerprint density at radius 1 is 1.22 bits per heavy atom. The van der Waals surface area contributed by atoms with Crippen molar-refractivity contribution < 1.29 is 18.1 Å². The van der Waals surface area contributed by atoms with Crippen LogP contribution in [0.5, 0.6) is 0 Å². The number of aryl methyl sites for hydroxylation is 1. The molecule has 0 aliphatic carbocycles. The first-order valence-electron chi connectivity index (χ1n) is 8.08. The van der Waals surface area contributed by atoms with Crippen LogP contribution in [0.2, 0.25) is 5.15 Å². The number of hydrogen-bond acceptors (Lipinski definition) is 5. The predicted octanol–water partition coefficient (Wildman–Crippen LogP) is 4.36. The molecule has 0 unspecified atom stereocenters. The molecular weight excluding hydrogens is 385 g/mol. The summed E-state index contributed by atoms with van der Waals surface area (Å²) in [7, 11) is 0. The van der Waals surface area contributed by atoms with E-state index in [4.69, 9.17) is 11.6 Å². The fourth-order valence-corrected chi connectivity index (χ4v) is 3.26. The Bertz CT molecular complexity index is 923. The zero-order valence-electron chi connectivity index (χ0n) is 14.2. The third-order valence-corrected chi connectivity index (χ3v) is 4.43. The zero-order chi connectivity index (χ0) is 19.7. The van der Waals surface area contributed by atoms with E-state index >= 15 is 0 Å². The van der Waals surface area contributed by atoms with Gasteiger partial charge in [-0.25, -0.2) is 23.1 Å². The lowest BCUT2D eigenvalue weighted by Crippen LogP contribution is -2.18. The third kappa shape index (κ3) is 3.87. The molecule has 1 fully saturated rings. The molecule has 1 aliphatic heterocycles. The minimum absolute atomic E-state index is 0.0509. The molecule has 2 heterocycles. The first-order chi connectivity index (χ1) is 12.8. The number of likely N-dealkylation sites (tertiary alicyclic amines) is 1. The molecule has 1 saturated heterocycles. The SMILES string of the molecule is Cc1nc(Cl)c([N+](=O)[O-])c(/C=C(/c2cc(F)c(F)c(F)c2)N2CCCC2)n1. The fourth-order valence-electron chi connectivity index (χ4n) is 2.97. The molecule has 2 aromatic rings. The van der Waals surface area contributed by atoms with Gasteiger partial charge in [-0.2, -0.15) is 0 Å². The lowest BCUT2D eigenvalue weighted by atomic mass is 10.1. The van der Waals surface area contributed by atoms with Gasteiger partial charge < -0.3 is 4.90 Å². The van der Waals surface area contributed by atoms with Crippen LogP contribution in [0.3, 0.4) is 0 Å². The van der Waals surface area contributed by atoms with Crippen LogP contribution in [0.1, 0.15) is 29.9 Å². The first kappa shape index (κ1) is 19.1. The van der Waals surface area contributed by atoms with Gasteiger partial charge in [-0.15, -0.1) is 0 Å². The van der Waals surface area contributed by atoms with Gasteiger partial charge in [0.1, 0.15) is 11.5 Å². The molecule has 1 aromatic heterocycles. The quantitative estimate of drug-likeness (QED) is 0.331. The molecular formula is C17H14ClF3N4O2. The van der Waals surface area contributed by atoms with E-state index in [1.807, 2.05) is 0 Å². The van der Waals surface area contributed by atoms with Crippen molar-refractivity contribution in [1.29, 1.82) is 0 Å². The van der Waals surface area contributed by atoms with Gasteiger partial charge in [0.15, 0.2) is 17.5 Å². The third-order valence-electron chi connectivity index (χ3n) is 4.16. The van der Waals surface area contributed by atoms with Crippen molar-refractivity contribution in [2.24, 2.45) is 0 Å². The van der Waals surface area contributed by atoms with Gasteiger partial charge in [0.05, 0.1) is 4.92 Å². The summed E-state index contributed by atoms with van der Waals surface area (Å²) in [5.74, 6) is -4.07. The fraction of sp³-hybridized carbons (Fsp3) is 0.294. The van der Waals surface area contributed by atoms with Crippen molar-refractivity contribution >= 4 is 29.1 Å². The molecule has 0 bridgehead atoms. The van der Waals surface area contributed by atoms with Crippen LogP contribution in [-0.4, -0.2) is 32.9 Å². The smallest absolute Gasteiger partial charge is 0.331 e. The number of nitrogens with zero attached hydrogens (tertiary/aromatic N) is 4. The van der Waals surface area contributed by atoms with Crippen LogP contribution in [0.4, 0.5) is 18.9 Å². The predicted molar refractivity (Wildman–Crippen MR) is 93.4 cm³/mol. The highest BCUT2D eigenvalue weighted by Gasteiger charge is 2.25. The number of hydrogen-bond donors (Lipinski definition) is 0. The van der Waals surface area contributed by atoms with E-state index < -0.39 is 28.1 Å². The molecule has 0 N–H and O–H groups in total. The standard InChI is InChI=1S/C17H14ClF3N4O2/c1-9-22-13(16(25(26)27)17(18)23-9)8-14(24-4-2-3-5-24)10-6-11(19)15(21)12(20)7-10/h6-8H,2-5H2,1H3/b14-8-. The molecule has 3 rings (SSSR count). The van der Waals surface area contributed by atoms with Crippen LogP contribution >= 0.6 is 11.6 Å². The normalized spacial score (nSPS) is 14.7. The Morgan fingerprint density at radius 2 is 1.81 bits per heavy atom. The maximum absolute atomic E-state index is 13.7. The van der Waals surface area contributed by atoms with E-state index in [9.17, 15) is 23.3 Å². The molecule has 142 valence electrons. The Morgan fingerprint density at radius 3 is 2.37 bits per heavy atom. The van der Waals surface area contributed by atoms with Gasteiger partial charge in [0.25, 0.3) is 0 Å². The highest BCUT2D eigenvalue weighted by atomic mass is 35.5. The van der Waals surface area contributed by atoms with Gasteiger partial charge in [-0.1, -0.05) is 11.6 Å². The summed E-state index contributed by atoms with van der Waals surface area (Å²) in [6.07, 6.45) is 3.01. The molecule has 27 heavy (non-hydrogen) atoms. The number of rotatable bonds is 4. The molecule has 0 saturated carbocycles. The Balaban J connectivity index is 2.22. The summed E-state index contributed by atoms with van der Waals surface area (Å²) in [6, 6.07) is 1.70. The van der Waals surface area contributed by atoms with Crippen molar-refractivity contribution in [3.8, 4) is 0 Å². The largest absolute Gasteiger partial charge is 0.371 e. The van der Waals surface area contributed by atoms with Gasteiger partial charge >= 0.3 is 5.69 Å². The van der Waals surface area contributed by atoms with E-state index in [-0.39, 0.29) is 22.2 Å². The number of nitro groups is 1. The summed E-state index contributed by atoms with van der Waals surface area (Å²) in [5.41, 5.74) is -0.260. The van der Waals surface area contributed by atoms with Crippen LogP contribution < -0.4 is 0 Å². The molecule has 0 atom stereocenters. The van der Waals surface area contributed by atoms with E-state index in [1.165, 1.54) is 13.0 Å². The van der Waals surface area contributed by atoms with Gasteiger partial charge in [0.2, 0.25) is 5.15 Å². The molecule has 0 spiro atoms. The van der Waals surface area contributed by atoms with Crippen molar-refractivity contribution in [2.75, 3.05) is 13.1 Å². The number of aromatic nitrogens is 2. The van der Waals surface area contributed by atoms with Crippen LogP contribution in [0.25, 0.3) is 11.8 Å². The van der Waals surface area contributed by atoms with Crippen molar-refractivity contribution in [1.82, 2.24) is 14.9 Å². The Kier molecular flexibility index (Phi) is 5.31. The minimum atomic E-state index is -1.58. The Hall–Kier alpha value is -2.68. The zero-order valence-corrected chi connectivity index (χ0v) is 14.9. The highest BCUT2D eigenvalue weighted by Crippen LogP contribution is 2.32. The average Bonchev–Trinajstić information content (AvgIpc) is 3.10. The highest BCUT2D eigenvalue weighted by molar-refractivity contribution is 6.31. The van der Waals surface area contributed by atoms with Crippen molar-refractivity contribution in [3.63, 3.8) is 0 Å². The summed E-state index contributed by atoms with van der Waals surface area (Å²) in [6.45, 7) is 2.68. The second kappa shape index (κ2) is 7.51. The van der Waals surface area contributed by atoms with E-state index in [0.29, 0.717) is 18.8 Å². The summed E-state index contributed by atoms with van der Waals surface area (Å²) >= 11 is 5.88. The molecule has 6 nitrogen and oxygen atoms in total. The second-order valence-electron chi connectivity index (χ2n) is 6.03. The first-order valence-corrected chi connectivity index (χ1v) is 8.46. The molecule has 0 radical (unpaired) electrons. The molecule has 1 aliphatic rings. The van der Waals surface area contributed by atoms with Crippen LogP contribution in [-0.2, 0) is 0 Å². The lowest BCUT2D eigenvalue weighted by molar-refractivity contribution is -0.385.